The fraction of sp³-hybridized carbons (Fsp3) is 0.500. The number of fused-ring (bicyclic) bond motifs is 1. The predicted molar refractivity (Wildman–Crippen MR) is 73.6 cm³/mol. The molecule has 0 aromatic carbocycles. The Balaban J connectivity index is 2.89. The van der Waals surface area contributed by atoms with Crippen LogP contribution >= 0.6 is 0 Å². The molecule has 2 rings (SSSR count). The van der Waals surface area contributed by atoms with Crippen LogP contribution in [0.5, 0.6) is 0 Å². The van der Waals surface area contributed by atoms with Gasteiger partial charge in [0.15, 0.2) is 0 Å². The van der Waals surface area contributed by atoms with Gasteiger partial charge in [-0.1, -0.05) is 27.7 Å². The third kappa shape index (κ3) is 2.20. The van der Waals surface area contributed by atoms with E-state index in [1.807, 2.05) is 34.7 Å². The van der Waals surface area contributed by atoms with Crippen LogP contribution in [0.3, 0.4) is 0 Å². The molecule has 1 N–H and O–H groups in total. The molecule has 0 saturated carbocycles. The van der Waals surface area contributed by atoms with Gasteiger partial charge in [-0.15, -0.1) is 0 Å². The highest BCUT2D eigenvalue weighted by Crippen LogP contribution is 2.28. The van der Waals surface area contributed by atoms with Gasteiger partial charge in [-0.05, 0) is 5.92 Å². The number of hydrogen-bond acceptors (Lipinski definition) is 3. The molecule has 0 unspecified atom stereocenters. The Kier molecular flexibility index (Phi) is 3.30. The van der Waals surface area contributed by atoms with Crippen molar-refractivity contribution in [3.05, 3.63) is 23.3 Å². The van der Waals surface area contributed by atoms with Crippen molar-refractivity contribution in [2.24, 2.45) is 7.05 Å². The maximum atomic E-state index is 11.4. The molecule has 0 aliphatic rings. The molecular formula is C14H19N3O2. The van der Waals surface area contributed by atoms with Crippen LogP contribution in [0.4, 0.5) is 0 Å². The van der Waals surface area contributed by atoms with Gasteiger partial charge in [0.1, 0.15) is 11.5 Å². The van der Waals surface area contributed by atoms with Crippen LogP contribution in [0.25, 0.3) is 11.0 Å². The molecule has 0 atom stereocenters. The summed E-state index contributed by atoms with van der Waals surface area (Å²) in [4.78, 5) is 20.4. The summed E-state index contributed by atoms with van der Waals surface area (Å²) in [6, 6.07) is 0. The van der Waals surface area contributed by atoms with E-state index in [0.29, 0.717) is 11.0 Å². The summed E-state index contributed by atoms with van der Waals surface area (Å²) in [5.41, 5.74) is 1.78. The van der Waals surface area contributed by atoms with Crippen LogP contribution in [-0.2, 0) is 7.05 Å². The number of aromatic carboxylic acids is 1. The summed E-state index contributed by atoms with van der Waals surface area (Å²) in [5, 5.41) is 9.97. The largest absolute Gasteiger partial charge is 0.478 e. The second-order valence-corrected chi connectivity index (χ2v) is 5.43. The lowest BCUT2D eigenvalue weighted by atomic mass is 10.0. The second kappa shape index (κ2) is 4.64. The van der Waals surface area contributed by atoms with Crippen molar-refractivity contribution >= 4 is 17.0 Å². The summed E-state index contributed by atoms with van der Waals surface area (Å²) in [7, 11) is 1.82. The van der Waals surface area contributed by atoms with Gasteiger partial charge in [0.05, 0.1) is 16.6 Å². The first-order chi connectivity index (χ1) is 8.82. The number of hydrogen-bond donors (Lipinski definition) is 1. The van der Waals surface area contributed by atoms with Crippen molar-refractivity contribution in [1.29, 1.82) is 0 Å². The van der Waals surface area contributed by atoms with Crippen LogP contribution < -0.4 is 0 Å². The van der Waals surface area contributed by atoms with E-state index < -0.39 is 5.97 Å². The summed E-state index contributed by atoms with van der Waals surface area (Å²) < 4.78 is 1.76. The molecule has 2 aromatic heterocycles. The van der Waals surface area contributed by atoms with E-state index in [-0.39, 0.29) is 17.4 Å². The van der Waals surface area contributed by atoms with Crippen molar-refractivity contribution in [3.63, 3.8) is 0 Å². The molecule has 0 amide bonds. The first-order valence-electron chi connectivity index (χ1n) is 6.43. The number of carboxylic acids is 1. The van der Waals surface area contributed by atoms with Crippen molar-refractivity contribution in [3.8, 4) is 0 Å². The fourth-order valence-electron chi connectivity index (χ4n) is 2.15. The Hall–Kier alpha value is -1.91. The standard InChI is InChI=1S/C14H19N3O2/c1-7(2)11-10-9(14(18)19)6-17(5)13(10)16-12(15-11)8(3)4/h6-8H,1-5H3,(H,18,19). The van der Waals surface area contributed by atoms with Gasteiger partial charge in [0.25, 0.3) is 0 Å². The molecule has 0 bridgehead atoms. The summed E-state index contributed by atoms with van der Waals surface area (Å²) >= 11 is 0. The second-order valence-electron chi connectivity index (χ2n) is 5.43. The smallest absolute Gasteiger partial charge is 0.338 e. The lowest BCUT2D eigenvalue weighted by Gasteiger charge is -2.12. The topological polar surface area (TPSA) is 68.0 Å². The SMILES string of the molecule is CC(C)c1nc(C(C)C)c2c(C(=O)O)cn(C)c2n1. The van der Waals surface area contributed by atoms with E-state index in [4.69, 9.17) is 0 Å². The van der Waals surface area contributed by atoms with Crippen molar-refractivity contribution in [2.75, 3.05) is 0 Å². The highest BCUT2D eigenvalue weighted by Gasteiger charge is 2.21. The van der Waals surface area contributed by atoms with Gasteiger partial charge in [-0.3, -0.25) is 0 Å². The van der Waals surface area contributed by atoms with Crippen LogP contribution in [0.2, 0.25) is 0 Å². The fourth-order valence-corrected chi connectivity index (χ4v) is 2.15. The van der Waals surface area contributed by atoms with Crippen molar-refractivity contribution < 1.29 is 9.90 Å². The first-order valence-corrected chi connectivity index (χ1v) is 6.43. The number of aryl methyl sites for hydroxylation is 1. The molecule has 2 heterocycles. The van der Waals surface area contributed by atoms with Gasteiger partial charge in [-0.2, -0.15) is 0 Å². The van der Waals surface area contributed by atoms with E-state index in [2.05, 4.69) is 9.97 Å². The minimum absolute atomic E-state index is 0.156. The molecule has 0 aliphatic carbocycles. The monoisotopic (exact) mass is 261 g/mol. The third-order valence-electron chi connectivity index (χ3n) is 3.16. The molecular weight excluding hydrogens is 242 g/mol. The van der Waals surface area contributed by atoms with Crippen LogP contribution in [0.15, 0.2) is 6.20 Å². The minimum atomic E-state index is -0.937. The average molecular weight is 261 g/mol. The van der Waals surface area contributed by atoms with Crippen molar-refractivity contribution in [2.45, 2.75) is 39.5 Å². The first kappa shape index (κ1) is 13.5. The third-order valence-corrected chi connectivity index (χ3v) is 3.16. The maximum absolute atomic E-state index is 11.4. The highest BCUT2D eigenvalue weighted by molar-refractivity contribution is 6.03. The van der Waals surface area contributed by atoms with E-state index in [0.717, 1.165) is 11.5 Å². The summed E-state index contributed by atoms with van der Waals surface area (Å²) in [6.07, 6.45) is 1.61. The maximum Gasteiger partial charge on any atom is 0.338 e. The predicted octanol–water partition coefficient (Wildman–Crippen LogP) is 2.91. The Bertz CT molecular complexity index is 642. The normalized spacial score (nSPS) is 11.7. The quantitative estimate of drug-likeness (QED) is 0.922. The Morgan fingerprint density at radius 3 is 2.32 bits per heavy atom. The zero-order chi connectivity index (χ0) is 14.3. The Labute approximate surface area is 112 Å². The molecule has 0 aliphatic heterocycles. The molecule has 102 valence electrons. The Morgan fingerprint density at radius 1 is 1.21 bits per heavy atom. The number of rotatable bonds is 3. The number of carbonyl (C=O) groups is 1. The van der Waals surface area contributed by atoms with Crippen LogP contribution in [0.1, 0.15) is 61.4 Å². The zero-order valence-corrected chi connectivity index (χ0v) is 11.9. The molecule has 19 heavy (non-hydrogen) atoms. The van der Waals surface area contributed by atoms with Crippen molar-refractivity contribution in [1.82, 2.24) is 14.5 Å². The Morgan fingerprint density at radius 2 is 1.84 bits per heavy atom. The van der Waals surface area contributed by atoms with Gasteiger partial charge in [0, 0.05) is 19.2 Å². The van der Waals surface area contributed by atoms with Gasteiger partial charge in [0.2, 0.25) is 0 Å². The molecule has 0 fully saturated rings. The average Bonchev–Trinajstić information content (AvgIpc) is 2.66. The van der Waals surface area contributed by atoms with E-state index >= 15 is 0 Å². The lowest BCUT2D eigenvalue weighted by Crippen LogP contribution is -2.06. The van der Waals surface area contributed by atoms with Crippen LogP contribution in [0, 0.1) is 0 Å². The van der Waals surface area contributed by atoms with Gasteiger partial charge < -0.3 is 9.67 Å². The van der Waals surface area contributed by atoms with E-state index in [1.54, 1.807) is 10.8 Å². The van der Waals surface area contributed by atoms with E-state index in [1.165, 1.54) is 0 Å². The lowest BCUT2D eigenvalue weighted by molar-refractivity contribution is 0.0698. The summed E-state index contributed by atoms with van der Waals surface area (Å²) in [5.74, 6) is 0.191. The highest BCUT2D eigenvalue weighted by atomic mass is 16.4. The molecule has 5 heteroatoms. The molecule has 2 aromatic rings. The van der Waals surface area contributed by atoms with Crippen LogP contribution in [-0.4, -0.2) is 25.6 Å². The van der Waals surface area contributed by atoms with E-state index in [9.17, 15) is 9.90 Å². The zero-order valence-electron chi connectivity index (χ0n) is 11.9. The summed E-state index contributed by atoms with van der Waals surface area (Å²) in [6.45, 7) is 8.10. The molecule has 0 saturated heterocycles. The van der Waals surface area contributed by atoms with Gasteiger partial charge >= 0.3 is 5.97 Å². The van der Waals surface area contributed by atoms with Gasteiger partial charge in [-0.25, -0.2) is 14.8 Å². The number of nitrogens with zero attached hydrogens (tertiary/aromatic N) is 3. The molecule has 0 radical (unpaired) electrons. The molecule has 0 spiro atoms. The number of carboxylic acid groups (broad SMARTS) is 1. The minimum Gasteiger partial charge on any atom is -0.478 e. The molecule has 5 nitrogen and oxygen atoms in total. The number of aromatic nitrogens is 3.